The normalized spacial score (nSPS) is 9.43. The largest absolute Gasteiger partial charge is 0.707 e. The summed E-state index contributed by atoms with van der Waals surface area (Å²) in [7, 11) is 0.806. The maximum absolute atomic E-state index is 8.58. The van der Waals surface area contributed by atoms with Gasteiger partial charge in [-0.05, 0) is 0 Å². The zero-order valence-corrected chi connectivity index (χ0v) is 7.67. The van der Waals surface area contributed by atoms with Crippen LogP contribution in [-0.4, -0.2) is 41.8 Å². The van der Waals surface area contributed by atoms with Gasteiger partial charge in [-0.1, -0.05) is 0 Å². The Morgan fingerprint density at radius 1 is 1.21 bits per heavy atom. The molecule has 1 aromatic rings. The van der Waals surface area contributed by atoms with Gasteiger partial charge in [-0.25, -0.2) is 0 Å². The minimum Gasteiger partial charge on any atom is -0.508 e. The number of ether oxygens (including phenoxy) is 2. The van der Waals surface area contributed by atoms with E-state index in [2.05, 4.69) is 14.9 Å². The molecule has 0 aliphatic heterocycles. The first-order valence-electron chi connectivity index (χ1n) is 3.66. The Morgan fingerprint density at radius 3 is 2.43 bits per heavy atom. The molecule has 0 aromatic carbocycles. The molecule has 0 aliphatic carbocycles. The van der Waals surface area contributed by atoms with Gasteiger partial charge >= 0.3 is 7.32 Å². The average molecular weight is 200 g/mol. The van der Waals surface area contributed by atoms with E-state index in [0.29, 0.717) is 0 Å². The Morgan fingerprint density at radius 2 is 1.93 bits per heavy atom. The van der Waals surface area contributed by atoms with Crippen LogP contribution in [0.2, 0.25) is 0 Å². The quantitative estimate of drug-likeness (QED) is 0.592. The third-order valence-electron chi connectivity index (χ3n) is 1.34. The molecule has 1 aromatic heterocycles. The van der Waals surface area contributed by atoms with E-state index in [0.717, 1.165) is 0 Å². The lowest BCUT2D eigenvalue weighted by Crippen LogP contribution is -2.21. The van der Waals surface area contributed by atoms with E-state index in [1.807, 2.05) is 0 Å². The first kappa shape index (κ1) is 10.5. The SMILES string of the molecule is COc1cc(OB(O)O)c(OC)nn1. The van der Waals surface area contributed by atoms with Crippen LogP contribution in [0.25, 0.3) is 0 Å². The van der Waals surface area contributed by atoms with Crippen molar-refractivity contribution in [2.45, 2.75) is 0 Å². The van der Waals surface area contributed by atoms with E-state index >= 15 is 0 Å². The minimum absolute atomic E-state index is 0.0364. The maximum atomic E-state index is 8.58. The smallest absolute Gasteiger partial charge is 0.508 e. The summed E-state index contributed by atoms with van der Waals surface area (Å²) in [5, 5.41) is 24.3. The van der Waals surface area contributed by atoms with Crippen molar-refractivity contribution < 1.29 is 24.2 Å². The van der Waals surface area contributed by atoms with Crippen molar-refractivity contribution in [1.29, 1.82) is 0 Å². The first-order valence-corrected chi connectivity index (χ1v) is 3.66. The fraction of sp³-hybridized carbons (Fsp3) is 0.333. The topological polar surface area (TPSA) is 93.9 Å². The molecule has 7 nitrogen and oxygen atoms in total. The molecule has 0 amide bonds. The van der Waals surface area contributed by atoms with Crippen LogP contribution in [-0.2, 0) is 0 Å². The van der Waals surface area contributed by atoms with Crippen LogP contribution in [0.5, 0.6) is 17.5 Å². The van der Waals surface area contributed by atoms with Crippen molar-refractivity contribution >= 4 is 7.32 Å². The predicted molar refractivity (Wildman–Crippen MR) is 46.0 cm³/mol. The summed E-state index contributed by atoms with van der Waals surface area (Å²) in [5.74, 6) is 0.259. The van der Waals surface area contributed by atoms with Crippen LogP contribution in [0.4, 0.5) is 0 Å². The monoisotopic (exact) mass is 200 g/mol. The molecule has 8 heteroatoms. The standard InChI is InChI=1S/C6H9BN2O5/c1-12-5-3-4(14-7(10)11)6(13-2)9-8-5/h3,10-11H,1-2H3. The van der Waals surface area contributed by atoms with E-state index < -0.39 is 7.32 Å². The second-order valence-electron chi connectivity index (χ2n) is 2.20. The molecule has 1 rings (SSSR count). The lowest BCUT2D eigenvalue weighted by molar-refractivity contribution is 0.273. The van der Waals surface area contributed by atoms with Crippen LogP contribution >= 0.6 is 0 Å². The Labute approximate surface area is 80.4 Å². The second kappa shape index (κ2) is 4.63. The highest BCUT2D eigenvalue weighted by atomic mass is 16.6. The number of nitrogens with zero attached hydrogens (tertiary/aromatic N) is 2. The third kappa shape index (κ3) is 2.47. The number of aromatic nitrogens is 2. The Balaban J connectivity index is 2.96. The highest BCUT2D eigenvalue weighted by Gasteiger charge is 2.17. The zero-order chi connectivity index (χ0) is 10.6. The predicted octanol–water partition coefficient (Wildman–Crippen LogP) is -1.16. The summed E-state index contributed by atoms with van der Waals surface area (Å²) in [6, 6.07) is 1.32. The van der Waals surface area contributed by atoms with Crippen molar-refractivity contribution in [3.63, 3.8) is 0 Å². The van der Waals surface area contributed by atoms with Crippen LogP contribution in [0.15, 0.2) is 6.07 Å². The number of methoxy groups -OCH3 is 2. The van der Waals surface area contributed by atoms with Gasteiger partial charge in [-0.2, -0.15) is 0 Å². The Bertz CT molecular complexity index is 308. The highest BCUT2D eigenvalue weighted by molar-refractivity contribution is 6.33. The molecule has 1 heterocycles. The molecule has 0 aliphatic rings. The Kier molecular flexibility index (Phi) is 3.49. The van der Waals surface area contributed by atoms with Gasteiger partial charge in [0, 0.05) is 6.07 Å². The summed E-state index contributed by atoms with van der Waals surface area (Å²) < 4.78 is 14.1. The Hall–Kier alpha value is -1.54. The molecule has 0 saturated carbocycles. The minimum atomic E-state index is -1.95. The van der Waals surface area contributed by atoms with E-state index in [1.165, 1.54) is 20.3 Å². The summed E-state index contributed by atoms with van der Waals surface area (Å²) in [6.07, 6.45) is 0. The van der Waals surface area contributed by atoms with E-state index in [1.54, 1.807) is 0 Å². The van der Waals surface area contributed by atoms with Gasteiger partial charge in [0.15, 0.2) is 5.75 Å². The van der Waals surface area contributed by atoms with Crippen molar-refractivity contribution in [3.8, 4) is 17.5 Å². The van der Waals surface area contributed by atoms with E-state index in [-0.39, 0.29) is 17.5 Å². The fourth-order valence-electron chi connectivity index (χ4n) is 0.786. The molecule has 0 fully saturated rings. The zero-order valence-electron chi connectivity index (χ0n) is 7.67. The molecule has 76 valence electrons. The van der Waals surface area contributed by atoms with E-state index in [4.69, 9.17) is 19.5 Å². The molecule has 2 N–H and O–H groups in total. The van der Waals surface area contributed by atoms with Gasteiger partial charge in [-0.3, -0.25) is 0 Å². The van der Waals surface area contributed by atoms with Crippen LogP contribution in [0, 0.1) is 0 Å². The van der Waals surface area contributed by atoms with Gasteiger partial charge < -0.3 is 24.2 Å². The lowest BCUT2D eigenvalue weighted by Gasteiger charge is -2.08. The van der Waals surface area contributed by atoms with Gasteiger partial charge in [0.05, 0.1) is 14.2 Å². The molecule has 0 radical (unpaired) electrons. The fourth-order valence-corrected chi connectivity index (χ4v) is 0.786. The van der Waals surface area contributed by atoms with E-state index in [9.17, 15) is 0 Å². The van der Waals surface area contributed by atoms with Crippen molar-refractivity contribution in [2.24, 2.45) is 0 Å². The van der Waals surface area contributed by atoms with Gasteiger partial charge in [-0.15, -0.1) is 10.2 Å². The second-order valence-corrected chi connectivity index (χ2v) is 2.20. The lowest BCUT2D eigenvalue weighted by atomic mass is 10.2. The third-order valence-corrected chi connectivity index (χ3v) is 1.34. The molecule has 0 spiro atoms. The molecule has 0 saturated heterocycles. The highest BCUT2D eigenvalue weighted by Crippen LogP contribution is 2.26. The number of hydrogen-bond donors (Lipinski definition) is 2. The first-order chi connectivity index (χ1) is 6.67. The molecule has 14 heavy (non-hydrogen) atoms. The summed E-state index contributed by atoms with van der Waals surface area (Å²) in [5.41, 5.74) is 0. The molecular weight excluding hydrogens is 191 g/mol. The average Bonchev–Trinajstić information content (AvgIpc) is 2.16. The van der Waals surface area contributed by atoms with Crippen molar-refractivity contribution in [2.75, 3.05) is 14.2 Å². The molecular formula is C6H9BN2O5. The molecule has 0 bridgehead atoms. The van der Waals surface area contributed by atoms with Gasteiger partial charge in [0.25, 0.3) is 5.88 Å². The van der Waals surface area contributed by atoms with Crippen LogP contribution in [0.1, 0.15) is 0 Å². The van der Waals surface area contributed by atoms with Crippen LogP contribution < -0.4 is 14.1 Å². The summed E-state index contributed by atoms with van der Waals surface area (Å²) >= 11 is 0. The summed E-state index contributed by atoms with van der Waals surface area (Å²) in [6.45, 7) is 0. The maximum Gasteiger partial charge on any atom is 0.707 e. The number of hydrogen-bond acceptors (Lipinski definition) is 7. The molecule has 0 atom stereocenters. The van der Waals surface area contributed by atoms with Crippen molar-refractivity contribution in [3.05, 3.63) is 6.07 Å². The van der Waals surface area contributed by atoms with Crippen LogP contribution in [0.3, 0.4) is 0 Å². The number of rotatable bonds is 4. The molecule has 0 unspecified atom stereocenters. The summed E-state index contributed by atoms with van der Waals surface area (Å²) in [4.78, 5) is 0. The van der Waals surface area contributed by atoms with Gasteiger partial charge in [0.1, 0.15) is 0 Å². The van der Waals surface area contributed by atoms with Crippen molar-refractivity contribution in [1.82, 2.24) is 10.2 Å². The van der Waals surface area contributed by atoms with Gasteiger partial charge in [0.2, 0.25) is 5.88 Å².